The van der Waals surface area contributed by atoms with Crippen molar-refractivity contribution in [1.82, 2.24) is 9.97 Å². The van der Waals surface area contributed by atoms with Crippen LogP contribution in [-0.4, -0.2) is 15.1 Å². The minimum Gasteiger partial charge on any atom is -0.506 e. The second-order valence-corrected chi connectivity index (χ2v) is 3.38. The maximum absolute atomic E-state index is 9.74. The standard InChI is InChI=1S/C12H8N2O/c15-10-6-8-4-2-1-3-5-9(8)11-12(10)14-7-13-11/h1-7,15H. The number of imidazole rings is 1. The van der Waals surface area contributed by atoms with E-state index in [1.165, 1.54) is 6.33 Å². The SMILES string of the molecule is Oc1cc2cccccc2c2ncnc12. The third kappa shape index (κ3) is 1.13. The number of hydrogen-bond acceptors (Lipinski definition) is 3. The minimum atomic E-state index is 0.182. The Bertz CT molecular complexity index is 649. The van der Waals surface area contributed by atoms with E-state index in [0.29, 0.717) is 5.52 Å². The largest absolute Gasteiger partial charge is 0.506 e. The van der Waals surface area contributed by atoms with Gasteiger partial charge in [-0.2, -0.15) is 0 Å². The van der Waals surface area contributed by atoms with Gasteiger partial charge in [0, 0.05) is 5.39 Å². The summed E-state index contributed by atoms with van der Waals surface area (Å²) in [6.45, 7) is 0. The molecule has 0 fully saturated rings. The Morgan fingerprint density at radius 2 is 1.73 bits per heavy atom. The highest BCUT2D eigenvalue weighted by molar-refractivity contribution is 6.06. The van der Waals surface area contributed by atoms with E-state index in [9.17, 15) is 5.11 Å². The Morgan fingerprint density at radius 1 is 0.933 bits per heavy atom. The molecule has 0 bridgehead atoms. The maximum atomic E-state index is 9.74. The van der Waals surface area contributed by atoms with Crippen LogP contribution in [0.5, 0.6) is 5.75 Å². The molecule has 0 saturated heterocycles. The molecule has 0 unspecified atom stereocenters. The summed E-state index contributed by atoms with van der Waals surface area (Å²) >= 11 is 0. The summed E-state index contributed by atoms with van der Waals surface area (Å²) in [5.74, 6) is 0.182. The van der Waals surface area contributed by atoms with Crippen molar-refractivity contribution in [3.63, 3.8) is 0 Å². The van der Waals surface area contributed by atoms with Gasteiger partial charge in [-0.05, 0) is 11.5 Å². The van der Waals surface area contributed by atoms with Crippen LogP contribution in [0.25, 0.3) is 21.8 Å². The van der Waals surface area contributed by atoms with E-state index in [2.05, 4.69) is 9.97 Å². The third-order valence-electron chi connectivity index (χ3n) is 2.46. The first-order chi connectivity index (χ1) is 7.36. The lowest BCUT2D eigenvalue weighted by Gasteiger charge is -1.97. The number of phenols is 1. The average molecular weight is 196 g/mol. The van der Waals surface area contributed by atoms with Crippen molar-refractivity contribution < 1.29 is 5.11 Å². The Labute approximate surface area is 86.0 Å². The molecule has 0 spiro atoms. The van der Waals surface area contributed by atoms with Crippen LogP contribution in [0.1, 0.15) is 0 Å². The minimum absolute atomic E-state index is 0.182. The highest BCUT2D eigenvalue weighted by Gasteiger charge is 2.07. The number of fused-ring (bicyclic) bond motifs is 3. The van der Waals surface area contributed by atoms with Crippen LogP contribution in [0.2, 0.25) is 0 Å². The Kier molecular flexibility index (Phi) is 1.59. The molecule has 1 aromatic heterocycles. The predicted molar refractivity (Wildman–Crippen MR) is 58.7 cm³/mol. The summed E-state index contributed by atoms with van der Waals surface area (Å²) in [7, 11) is 0. The van der Waals surface area contributed by atoms with E-state index >= 15 is 0 Å². The van der Waals surface area contributed by atoms with Gasteiger partial charge in [-0.3, -0.25) is 0 Å². The fourth-order valence-electron chi connectivity index (χ4n) is 1.77. The maximum Gasteiger partial charge on any atom is 0.144 e. The normalized spacial score (nSPS) is 10.9. The number of hydrogen-bond donors (Lipinski definition) is 1. The summed E-state index contributed by atoms with van der Waals surface area (Å²) in [5.41, 5.74) is 1.31. The fraction of sp³-hybridized carbons (Fsp3) is 0. The molecule has 3 heteroatoms. The molecule has 1 N–H and O–H groups in total. The van der Waals surface area contributed by atoms with Crippen molar-refractivity contribution in [2.75, 3.05) is 0 Å². The highest BCUT2D eigenvalue weighted by Crippen LogP contribution is 2.29. The molecule has 0 aliphatic carbocycles. The van der Waals surface area contributed by atoms with E-state index < -0.39 is 0 Å². The Hall–Kier alpha value is -2.16. The molecule has 0 radical (unpaired) electrons. The molecule has 3 rings (SSSR count). The zero-order chi connectivity index (χ0) is 10.3. The van der Waals surface area contributed by atoms with E-state index in [4.69, 9.17) is 0 Å². The van der Waals surface area contributed by atoms with Crippen molar-refractivity contribution >= 4 is 21.8 Å². The molecule has 0 aliphatic rings. The number of nitrogens with zero attached hydrogens (tertiary/aromatic N) is 2. The van der Waals surface area contributed by atoms with Crippen molar-refractivity contribution in [1.29, 1.82) is 0 Å². The second kappa shape index (κ2) is 2.92. The van der Waals surface area contributed by atoms with Crippen LogP contribution < -0.4 is 0 Å². The molecule has 0 amide bonds. The van der Waals surface area contributed by atoms with Gasteiger partial charge in [0.1, 0.15) is 23.1 Å². The second-order valence-electron chi connectivity index (χ2n) is 3.38. The Balaban J connectivity index is 2.66. The molecular weight excluding hydrogens is 188 g/mol. The first-order valence-corrected chi connectivity index (χ1v) is 4.68. The molecule has 1 heterocycles. The topological polar surface area (TPSA) is 46.0 Å². The van der Waals surface area contributed by atoms with E-state index in [1.807, 2.05) is 30.3 Å². The fourth-order valence-corrected chi connectivity index (χ4v) is 1.77. The number of aromatic nitrogens is 2. The third-order valence-corrected chi connectivity index (χ3v) is 2.46. The van der Waals surface area contributed by atoms with Crippen LogP contribution in [-0.2, 0) is 0 Å². The molecular formula is C12H8N2O. The van der Waals surface area contributed by atoms with Crippen LogP contribution >= 0.6 is 0 Å². The van der Waals surface area contributed by atoms with Crippen LogP contribution in [0.3, 0.4) is 0 Å². The van der Waals surface area contributed by atoms with E-state index in [-0.39, 0.29) is 5.75 Å². The summed E-state index contributed by atoms with van der Waals surface area (Å²) in [6, 6.07) is 11.5. The Morgan fingerprint density at radius 3 is 2.67 bits per heavy atom. The average Bonchev–Trinajstić information content (AvgIpc) is 2.60. The summed E-state index contributed by atoms with van der Waals surface area (Å²) in [5, 5.41) is 11.7. The number of benzene rings is 1. The summed E-state index contributed by atoms with van der Waals surface area (Å²) in [6.07, 6.45) is 1.47. The van der Waals surface area contributed by atoms with Gasteiger partial charge in [0.05, 0.1) is 0 Å². The van der Waals surface area contributed by atoms with E-state index in [0.717, 1.165) is 16.3 Å². The molecule has 3 nitrogen and oxygen atoms in total. The number of phenolic OH excluding ortho intramolecular Hbond substituents is 1. The molecule has 72 valence electrons. The first kappa shape index (κ1) is 8.17. The summed E-state index contributed by atoms with van der Waals surface area (Å²) < 4.78 is 0. The van der Waals surface area contributed by atoms with Gasteiger partial charge in [0.15, 0.2) is 0 Å². The van der Waals surface area contributed by atoms with Gasteiger partial charge >= 0.3 is 0 Å². The number of aromatic hydroxyl groups is 1. The first-order valence-electron chi connectivity index (χ1n) is 4.68. The predicted octanol–water partition coefficient (Wildman–Crippen LogP) is 2.49. The van der Waals surface area contributed by atoms with Gasteiger partial charge in [-0.15, -0.1) is 0 Å². The number of rotatable bonds is 0. The lowest BCUT2D eigenvalue weighted by atomic mass is 10.1. The van der Waals surface area contributed by atoms with Crippen molar-refractivity contribution in [2.24, 2.45) is 0 Å². The van der Waals surface area contributed by atoms with Crippen molar-refractivity contribution in [3.8, 4) is 5.75 Å². The lowest BCUT2D eigenvalue weighted by molar-refractivity contribution is 0.481. The van der Waals surface area contributed by atoms with Crippen LogP contribution in [0, 0.1) is 0 Å². The molecule has 0 atom stereocenters. The summed E-state index contributed by atoms with van der Waals surface area (Å²) in [4.78, 5) is 8.19. The monoisotopic (exact) mass is 196 g/mol. The lowest BCUT2D eigenvalue weighted by Crippen LogP contribution is -1.74. The zero-order valence-corrected chi connectivity index (χ0v) is 7.88. The van der Waals surface area contributed by atoms with Gasteiger partial charge in [-0.25, -0.2) is 9.97 Å². The van der Waals surface area contributed by atoms with Gasteiger partial charge in [0.25, 0.3) is 0 Å². The molecule has 0 saturated carbocycles. The molecule has 0 aliphatic heterocycles. The van der Waals surface area contributed by atoms with Gasteiger partial charge in [-0.1, -0.05) is 30.3 Å². The van der Waals surface area contributed by atoms with Crippen molar-refractivity contribution in [2.45, 2.75) is 0 Å². The zero-order valence-electron chi connectivity index (χ0n) is 7.88. The van der Waals surface area contributed by atoms with Crippen molar-refractivity contribution in [3.05, 3.63) is 42.7 Å². The van der Waals surface area contributed by atoms with Crippen LogP contribution in [0.15, 0.2) is 42.7 Å². The van der Waals surface area contributed by atoms with E-state index in [1.54, 1.807) is 6.07 Å². The smallest absolute Gasteiger partial charge is 0.144 e. The highest BCUT2D eigenvalue weighted by atomic mass is 16.3. The van der Waals surface area contributed by atoms with Gasteiger partial charge < -0.3 is 5.11 Å². The molecule has 2 aromatic carbocycles. The van der Waals surface area contributed by atoms with Crippen LogP contribution in [0.4, 0.5) is 0 Å². The quantitative estimate of drug-likeness (QED) is 0.600. The molecule has 3 aromatic rings. The molecule has 15 heavy (non-hydrogen) atoms. The van der Waals surface area contributed by atoms with Gasteiger partial charge in [0.2, 0.25) is 0 Å².